The Labute approximate surface area is 87.7 Å². The second-order valence-electron chi connectivity index (χ2n) is 3.28. The smallest absolute Gasteiger partial charge is 0.247 e. The first-order valence-electron chi connectivity index (χ1n) is 4.41. The SMILES string of the molecule is O=Nc1cn(CC(F)(F)F)c2[nH+]cccc12. The first-order chi connectivity index (χ1) is 7.51. The Bertz CT molecular complexity index is 532. The molecule has 0 fully saturated rings. The van der Waals surface area contributed by atoms with Crippen molar-refractivity contribution in [3.05, 3.63) is 29.4 Å². The number of nitroso groups, excluding NO2 is 1. The van der Waals surface area contributed by atoms with Crippen molar-refractivity contribution in [2.75, 3.05) is 0 Å². The first kappa shape index (κ1) is 10.6. The van der Waals surface area contributed by atoms with Crippen molar-refractivity contribution in [3.8, 4) is 0 Å². The van der Waals surface area contributed by atoms with Crippen molar-refractivity contribution >= 4 is 16.7 Å². The highest BCUT2D eigenvalue weighted by molar-refractivity contribution is 5.86. The Hall–Kier alpha value is -1.92. The van der Waals surface area contributed by atoms with E-state index >= 15 is 0 Å². The van der Waals surface area contributed by atoms with Crippen LogP contribution in [0.4, 0.5) is 18.9 Å². The van der Waals surface area contributed by atoms with Crippen LogP contribution in [-0.2, 0) is 6.54 Å². The summed E-state index contributed by atoms with van der Waals surface area (Å²) in [6.07, 6.45) is -1.76. The van der Waals surface area contributed by atoms with Gasteiger partial charge in [-0.3, -0.25) is 0 Å². The molecule has 0 aliphatic carbocycles. The first-order valence-corrected chi connectivity index (χ1v) is 4.41. The van der Waals surface area contributed by atoms with Gasteiger partial charge in [0.05, 0.1) is 11.6 Å². The van der Waals surface area contributed by atoms with Crippen LogP contribution in [0.2, 0.25) is 0 Å². The quantitative estimate of drug-likeness (QED) is 0.731. The monoisotopic (exact) mass is 230 g/mol. The van der Waals surface area contributed by atoms with Gasteiger partial charge in [-0.15, -0.1) is 4.91 Å². The molecule has 0 radical (unpaired) electrons. The van der Waals surface area contributed by atoms with E-state index in [0.717, 1.165) is 10.8 Å². The lowest BCUT2D eigenvalue weighted by Crippen LogP contribution is -2.19. The lowest BCUT2D eigenvalue weighted by molar-refractivity contribution is -0.350. The molecule has 0 aliphatic rings. The molecule has 0 spiro atoms. The lowest BCUT2D eigenvalue weighted by Gasteiger charge is -2.02. The van der Waals surface area contributed by atoms with Crippen molar-refractivity contribution in [3.63, 3.8) is 0 Å². The van der Waals surface area contributed by atoms with Gasteiger partial charge in [0.15, 0.2) is 12.2 Å². The van der Waals surface area contributed by atoms with E-state index in [9.17, 15) is 18.1 Å². The Morgan fingerprint density at radius 2 is 2.19 bits per heavy atom. The molecule has 84 valence electrons. The summed E-state index contributed by atoms with van der Waals surface area (Å²) in [7, 11) is 0. The van der Waals surface area contributed by atoms with Crippen LogP contribution in [0.1, 0.15) is 0 Å². The maximum atomic E-state index is 12.2. The molecule has 2 heterocycles. The van der Waals surface area contributed by atoms with Crippen molar-refractivity contribution in [2.45, 2.75) is 12.7 Å². The number of aromatic amines is 1. The summed E-state index contributed by atoms with van der Waals surface area (Å²) < 4.78 is 37.6. The standard InChI is InChI=1S/C9H6F3N3O/c10-9(11,12)5-15-4-7(14-16)6-2-1-3-13-8(6)15/h1-4H,5H2/p+1. The van der Waals surface area contributed by atoms with Gasteiger partial charge in [-0.2, -0.15) is 13.2 Å². The largest absolute Gasteiger partial charge is 0.426 e. The van der Waals surface area contributed by atoms with Gasteiger partial charge >= 0.3 is 6.18 Å². The summed E-state index contributed by atoms with van der Waals surface area (Å²) in [5, 5.41) is 3.07. The average Bonchev–Trinajstić information content (AvgIpc) is 2.55. The van der Waals surface area contributed by atoms with Crippen molar-refractivity contribution in [1.29, 1.82) is 0 Å². The van der Waals surface area contributed by atoms with E-state index in [1.165, 1.54) is 12.3 Å². The molecule has 0 aromatic carbocycles. The highest BCUT2D eigenvalue weighted by Crippen LogP contribution is 2.28. The van der Waals surface area contributed by atoms with Gasteiger partial charge < -0.3 is 0 Å². The van der Waals surface area contributed by atoms with E-state index in [1.807, 2.05) is 0 Å². The molecule has 1 N–H and O–H groups in total. The molecule has 0 bridgehead atoms. The molecular formula is C9H7F3N3O+. The molecule has 0 saturated carbocycles. The minimum absolute atomic E-state index is 0.00361. The fourth-order valence-corrected chi connectivity index (χ4v) is 1.54. The number of pyridine rings is 1. The van der Waals surface area contributed by atoms with Crippen LogP contribution < -0.4 is 4.98 Å². The highest BCUT2D eigenvalue weighted by atomic mass is 19.4. The van der Waals surface area contributed by atoms with Crippen LogP contribution in [0.3, 0.4) is 0 Å². The molecule has 0 atom stereocenters. The van der Waals surface area contributed by atoms with E-state index in [1.54, 1.807) is 6.07 Å². The zero-order valence-electron chi connectivity index (χ0n) is 7.95. The highest BCUT2D eigenvalue weighted by Gasteiger charge is 2.33. The molecule has 0 saturated heterocycles. The zero-order valence-corrected chi connectivity index (χ0v) is 7.95. The third-order valence-electron chi connectivity index (χ3n) is 2.12. The van der Waals surface area contributed by atoms with E-state index in [0.29, 0.717) is 5.39 Å². The molecule has 0 unspecified atom stereocenters. The molecule has 0 amide bonds. The minimum Gasteiger partial charge on any atom is -0.247 e. The lowest BCUT2D eigenvalue weighted by atomic mass is 10.3. The molecule has 4 nitrogen and oxygen atoms in total. The van der Waals surface area contributed by atoms with E-state index in [2.05, 4.69) is 10.2 Å². The summed E-state index contributed by atoms with van der Waals surface area (Å²) in [6, 6.07) is 3.13. The number of nitrogens with one attached hydrogen (secondary N) is 1. The third-order valence-corrected chi connectivity index (χ3v) is 2.12. The predicted octanol–water partition coefficient (Wildman–Crippen LogP) is 2.42. The fourth-order valence-electron chi connectivity index (χ4n) is 1.54. The molecule has 2 aromatic heterocycles. The van der Waals surface area contributed by atoms with E-state index in [4.69, 9.17) is 0 Å². The van der Waals surface area contributed by atoms with Crippen LogP contribution in [0, 0.1) is 4.91 Å². The van der Waals surface area contributed by atoms with Gasteiger partial charge in [-0.05, 0) is 17.3 Å². The summed E-state index contributed by atoms with van der Waals surface area (Å²) in [5.74, 6) is 0. The molecule has 7 heteroatoms. The Morgan fingerprint density at radius 1 is 1.44 bits per heavy atom. The number of nitrogens with zero attached hydrogens (tertiary/aromatic N) is 2. The number of alkyl halides is 3. The van der Waals surface area contributed by atoms with E-state index in [-0.39, 0.29) is 11.3 Å². The summed E-state index contributed by atoms with van der Waals surface area (Å²) >= 11 is 0. The third kappa shape index (κ3) is 1.88. The number of hydrogen-bond acceptors (Lipinski definition) is 2. The van der Waals surface area contributed by atoms with Gasteiger partial charge in [0, 0.05) is 0 Å². The average molecular weight is 230 g/mol. The Morgan fingerprint density at radius 3 is 2.81 bits per heavy atom. The van der Waals surface area contributed by atoms with Crippen LogP contribution >= 0.6 is 0 Å². The van der Waals surface area contributed by atoms with Crippen LogP contribution in [0.5, 0.6) is 0 Å². The predicted molar refractivity (Wildman–Crippen MR) is 50.0 cm³/mol. The van der Waals surface area contributed by atoms with Crippen LogP contribution in [0.25, 0.3) is 11.0 Å². The van der Waals surface area contributed by atoms with Crippen molar-refractivity contribution in [2.24, 2.45) is 5.18 Å². The van der Waals surface area contributed by atoms with Gasteiger partial charge in [-0.1, -0.05) is 0 Å². The van der Waals surface area contributed by atoms with Crippen molar-refractivity contribution in [1.82, 2.24) is 4.57 Å². The fraction of sp³-hybridized carbons (Fsp3) is 0.222. The number of aromatic nitrogens is 2. The molecule has 16 heavy (non-hydrogen) atoms. The second-order valence-corrected chi connectivity index (χ2v) is 3.28. The van der Waals surface area contributed by atoms with Crippen LogP contribution in [-0.4, -0.2) is 10.7 Å². The number of fused-ring (bicyclic) bond motifs is 1. The van der Waals surface area contributed by atoms with Gasteiger partial charge in [-0.25, -0.2) is 9.55 Å². The normalized spacial score (nSPS) is 11.9. The van der Waals surface area contributed by atoms with Gasteiger partial charge in [0.2, 0.25) is 0 Å². The second kappa shape index (κ2) is 3.58. The summed E-state index contributed by atoms with van der Waals surface area (Å²) in [5.41, 5.74) is 0.227. The zero-order chi connectivity index (χ0) is 11.8. The Balaban J connectivity index is 2.58. The van der Waals surface area contributed by atoms with Gasteiger partial charge in [0.25, 0.3) is 5.65 Å². The van der Waals surface area contributed by atoms with E-state index < -0.39 is 12.7 Å². The maximum absolute atomic E-state index is 12.2. The molecule has 0 aliphatic heterocycles. The summed E-state index contributed by atoms with van der Waals surface area (Å²) in [6.45, 7) is -1.15. The topological polar surface area (TPSA) is 48.5 Å². The maximum Gasteiger partial charge on any atom is 0.426 e. The Kier molecular flexibility index (Phi) is 2.37. The number of hydrogen-bond donors (Lipinski definition) is 0. The molecule has 2 rings (SSSR count). The minimum atomic E-state index is -4.34. The van der Waals surface area contributed by atoms with Crippen LogP contribution in [0.15, 0.2) is 29.7 Å². The number of H-pyrrole nitrogens is 1. The number of halogens is 3. The van der Waals surface area contributed by atoms with Gasteiger partial charge in [0.1, 0.15) is 6.20 Å². The number of rotatable bonds is 2. The molecular weight excluding hydrogens is 223 g/mol. The summed E-state index contributed by atoms with van der Waals surface area (Å²) in [4.78, 5) is 13.1. The molecule has 2 aromatic rings. The van der Waals surface area contributed by atoms with Crippen molar-refractivity contribution < 1.29 is 18.2 Å².